The van der Waals surface area contributed by atoms with Gasteiger partial charge in [0.05, 0.1) is 12.1 Å². The van der Waals surface area contributed by atoms with Gasteiger partial charge in [-0.2, -0.15) is 0 Å². The smallest absolute Gasteiger partial charge is 0.424 e. The van der Waals surface area contributed by atoms with Gasteiger partial charge in [-0.3, -0.25) is 0 Å². The summed E-state index contributed by atoms with van der Waals surface area (Å²) in [7, 11) is 1.71. The zero-order valence-electron chi connectivity index (χ0n) is 15.1. The Labute approximate surface area is 154 Å². The number of aliphatic hydroxyl groups is 1. The maximum atomic E-state index is 12.4. The highest BCUT2D eigenvalue weighted by Gasteiger charge is 2.36. The average Bonchev–Trinajstić information content (AvgIpc) is 3.06. The molecule has 5 nitrogen and oxygen atoms in total. The van der Waals surface area contributed by atoms with Gasteiger partial charge in [0.2, 0.25) is 0 Å². The number of nitrogens with zero attached hydrogens (tertiary/aromatic N) is 2. The van der Waals surface area contributed by atoms with E-state index in [9.17, 15) is 9.90 Å². The quantitative estimate of drug-likeness (QED) is 0.865. The molecule has 3 rings (SSSR count). The van der Waals surface area contributed by atoms with Crippen LogP contribution >= 0.6 is 0 Å². The highest BCUT2D eigenvalue weighted by molar-refractivity contribution is 5.66. The molecule has 1 aliphatic heterocycles. The van der Waals surface area contributed by atoms with Crippen LogP contribution in [-0.4, -0.2) is 47.0 Å². The fourth-order valence-corrected chi connectivity index (χ4v) is 3.41. The number of aliphatic hydroxyl groups excluding tert-OH is 1. The van der Waals surface area contributed by atoms with Crippen LogP contribution in [0.5, 0.6) is 0 Å². The van der Waals surface area contributed by atoms with Crippen LogP contribution in [0.3, 0.4) is 0 Å². The molecule has 0 aromatic heterocycles. The van der Waals surface area contributed by atoms with E-state index in [0.717, 1.165) is 18.4 Å². The first-order chi connectivity index (χ1) is 12.6. The highest BCUT2D eigenvalue weighted by atomic mass is 16.6. The van der Waals surface area contributed by atoms with E-state index in [1.54, 1.807) is 7.05 Å². The molecule has 0 radical (unpaired) electrons. The van der Waals surface area contributed by atoms with Crippen molar-refractivity contribution in [3.63, 3.8) is 0 Å². The molecule has 1 amide bonds. The van der Waals surface area contributed by atoms with Crippen molar-refractivity contribution in [2.75, 3.05) is 13.6 Å². The van der Waals surface area contributed by atoms with Crippen molar-refractivity contribution in [2.45, 2.75) is 38.0 Å². The summed E-state index contributed by atoms with van der Waals surface area (Å²) < 4.78 is 5.41. The van der Waals surface area contributed by atoms with E-state index in [1.165, 1.54) is 10.6 Å². The second kappa shape index (κ2) is 8.83. The molecule has 2 aromatic rings. The number of aryl methyl sites for hydroxylation is 1. The third-order valence-corrected chi connectivity index (χ3v) is 4.91. The molecule has 2 unspecified atom stereocenters. The number of carbonyl (C=O) groups excluding carboxylic acids is 1. The third-order valence-electron chi connectivity index (χ3n) is 4.91. The molecule has 2 aromatic carbocycles. The molecule has 1 aliphatic rings. The molecule has 26 heavy (non-hydrogen) atoms. The van der Waals surface area contributed by atoms with Crippen LogP contribution in [0.1, 0.15) is 24.0 Å². The van der Waals surface area contributed by atoms with Gasteiger partial charge in [-0.1, -0.05) is 60.7 Å². The van der Waals surface area contributed by atoms with E-state index in [-0.39, 0.29) is 12.6 Å². The zero-order valence-corrected chi connectivity index (χ0v) is 15.1. The molecule has 1 heterocycles. The Morgan fingerprint density at radius 3 is 2.38 bits per heavy atom. The van der Waals surface area contributed by atoms with E-state index in [0.29, 0.717) is 13.0 Å². The summed E-state index contributed by atoms with van der Waals surface area (Å²) in [6.45, 7) is 0.895. The minimum atomic E-state index is -0.428. The molecule has 1 saturated heterocycles. The largest absolute Gasteiger partial charge is 0.444 e. The fourth-order valence-electron chi connectivity index (χ4n) is 3.41. The van der Waals surface area contributed by atoms with Gasteiger partial charge >= 0.3 is 6.09 Å². The standard InChI is InChI=1S/C21H26N2O3/c1-22(21(25)26-16-18-10-6-3-7-11-18)23-15-14-20(24)19(23)13-12-17-8-4-2-5-9-17/h2-11,19-20,24H,12-16H2,1H3. The van der Waals surface area contributed by atoms with Crippen LogP contribution in [0.15, 0.2) is 60.7 Å². The summed E-state index contributed by atoms with van der Waals surface area (Å²) >= 11 is 0. The summed E-state index contributed by atoms with van der Waals surface area (Å²) in [5.41, 5.74) is 2.19. The first-order valence-corrected chi connectivity index (χ1v) is 9.08. The topological polar surface area (TPSA) is 53.0 Å². The highest BCUT2D eigenvalue weighted by Crippen LogP contribution is 2.24. The summed E-state index contributed by atoms with van der Waals surface area (Å²) in [6.07, 6.45) is 1.50. The molecule has 0 aliphatic carbocycles. The van der Waals surface area contributed by atoms with Gasteiger partial charge in [0.1, 0.15) is 6.61 Å². The molecule has 1 fully saturated rings. The first kappa shape index (κ1) is 18.4. The number of hydrazine groups is 1. The van der Waals surface area contributed by atoms with Crippen molar-refractivity contribution >= 4 is 6.09 Å². The van der Waals surface area contributed by atoms with E-state index < -0.39 is 12.2 Å². The maximum Gasteiger partial charge on any atom is 0.424 e. The van der Waals surface area contributed by atoms with Crippen LogP contribution in [-0.2, 0) is 17.8 Å². The summed E-state index contributed by atoms with van der Waals surface area (Å²) in [5.74, 6) is 0. The Morgan fingerprint density at radius 2 is 1.73 bits per heavy atom. The third kappa shape index (κ3) is 4.62. The van der Waals surface area contributed by atoms with Crippen LogP contribution in [0.25, 0.3) is 0 Å². The van der Waals surface area contributed by atoms with Crippen LogP contribution < -0.4 is 0 Å². The number of ether oxygens (including phenoxy) is 1. The summed E-state index contributed by atoms with van der Waals surface area (Å²) in [6, 6.07) is 19.8. The second-order valence-electron chi connectivity index (χ2n) is 6.67. The predicted octanol–water partition coefficient (Wildman–Crippen LogP) is 3.24. The molecule has 1 N–H and O–H groups in total. The first-order valence-electron chi connectivity index (χ1n) is 9.08. The van der Waals surface area contributed by atoms with Crippen molar-refractivity contribution in [2.24, 2.45) is 0 Å². The average molecular weight is 354 g/mol. The van der Waals surface area contributed by atoms with E-state index in [4.69, 9.17) is 4.74 Å². The van der Waals surface area contributed by atoms with Crippen LogP contribution in [0, 0.1) is 0 Å². The second-order valence-corrected chi connectivity index (χ2v) is 6.67. The van der Waals surface area contributed by atoms with Crippen molar-refractivity contribution < 1.29 is 14.6 Å². The molecular weight excluding hydrogens is 328 g/mol. The van der Waals surface area contributed by atoms with E-state index in [2.05, 4.69) is 12.1 Å². The van der Waals surface area contributed by atoms with Crippen molar-refractivity contribution in [1.82, 2.24) is 10.0 Å². The van der Waals surface area contributed by atoms with Crippen LogP contribution in [0.2, 0.25) is 0 Å². The molecule has 2 atom stereocenters. The molecule has 0 saturated carbocycles. The number of benzene rings is 2. The van der Waals surface area contributed by atoms with Crippen molar-refractivity contribution in [1.29, 1.82) is 0 Å². The Bertz CT molecular complexity index is 693. The normalized spacial score (nSPS) is 20.1. The van der Waals surface area contributed by atoms with Gasteiger partial charge in [-0.15, -0.1) is 0 Å². The zero-order chi connectivity index (χ0) is 18.4. The summed E-state index contributed by atoms with van der Waals surface area (Å²) in [5, 5.41) is 13.8. The van der Waals surface area contributed by atoms with Gasteiger partial charge in [-0.25, -0.2) is 14.8 Å². The minimum absolute atomic E-state index is 0.0792. The number of hydrogen-bond acceptors (Lipinski definition) is 4. The van der Waals surface area contributed by atoms with Crippen molar-refractivity contribution in [3.8, 4) is 0 Å². The molecule has 0 spiro atoms. The lowest BCUT2D eigenvalue weighted by Gasteiger charge is -2.33. The minimum Gasteiger partial charge on any atom is -0.444 e. The van der Waals surface area contributed by atoms with Gasteiger partial charge in [0.25, 0.3) is 0 Å². The molecule has 5 heteroatoms. The Hall–Kier alpha value is -2.37. The molecule has 138 valence electrons. The monoisotopic (exact) mass is 354 g/mol. The molecule has 0 bridgehead atoms. The summed E-state index contributed by atoms with van der Waals surface area (Å²) in [4.78, 5) is 12.4. The van der Waals surface area contributed by atoms with Crippen molar-refractivity contribution in [3.05, 3.63) is 71.8 Å². The molecular formula is C21H26N2O3. The van der Waals surface area contributed by atoms with Gasteiger partial charge < -0.3 is 9.84 Å². The van der Waals surface area contributed by atoms with E-state index in [1.807, 2.05) is 53.5 Å². The van der Waals surface area contributed by atoms with Crippen LogP contribution in [0.4, 0.5) is 4.79 Å². The lowest BCUT2D eigenvalue weighted by Crippen LogP contribution is -2.48. The predicted molar refractivity (Wildman–Crippen MR) is 100 cm³/mol. The Balaban J connectivity index is 1.56. The van der Waals surface area contributed by atoms with Gasteiger partial charge in [-0.05, 0) is 30.4 Å². The van der Waals surface area contributed by atoms with E-state index >= 15 is 0 Å². The lowest BCUT2D eigenvalue weighted by atomic mass is 10.0. The Morgan fingerprint density at radius 1 is 1.12 bits per heavy atom. The Kier molecular flexibility index (Phi) is 6.26. The van der Waals surface area contributed by atoms with Gasteiger partial charge in [0.15, 0.2) is 0 Å². The number of amides is 1. The number of carbonyl (C=O) groups is 1. The fraction of sp³-hybridized carbons (Fsp3) is 0.381. The van der Waals surface area contributed by atoms with Gasteiger partial charge in [0, 0.05) is 13.6 Å². The lowest BCUT2D eigenvalue weighted by molar-refractivity contribution is -0.0344. The number of rotatable bonds is 6. The maximum absolute atomic E-state index is 12.4. The number of hydrogen-bond donors (Lipinski definition) is 1. The SMILES string of the molecule is CN(C(=O)OCc1ccccc1)N1CCC(O)C1CCc1ccccc1.